The van der Waals surface area contributed by atoms with Crippen LogP contribution in [0.25, 0.3) is 10.9 Å². The van der Waals surface area contributed by atoms with Crippen molar-refractivity contribution in [3.63, 3.8) is 0 Å². The van der Waals surface area contributed by atoms with E-state index < -0.39 is 5.60 Å². The number of carbonyl (C=O) groups is 2. The summed E-state index contributed by atoms with van der Waals surface area (Å²) in [5, 5.41) is 0.965. The molecule has 1 saturated carbocycles. The fourth-order valence-electron chi connectivity index (χ4n) is 3.18. The molecule has 0 N–H and O–H groups in total. The Morgan fingerprint density at radius 1 is 1.22 bits per heavy atom. The Bertz CT molecular complexity index is 752. The minimum absolute atomic E-state index is 0.0121. The van der Waals surface area contributed by atoms with Crippen LogP contribution in [0, 0.1) is 0 Å². The number of ether oxygens (including phenoxy) is 1. The summed E-state index contributed by atoms with van der Waals surface area (Å²) in [5.74, 6) is 0.347. The first-order valence-corrected chi connectivity index (χ1v) is 8.22. The number of benzene rings is 1. The van der Waals surface area contributed by atoms with Gasteiger partial charge in [-0.25, -0.2) is 4.79 Å². The lowest BCUT2D eigenvalue weighted by Crippen LogP contribution is -2.26. The number of aromatic nitrogens is 1. The lowest BCUT2D eigenvalue weighted by Gasteiger charge is -2.21. The van der Waals surface area contributed by atoms with Gasteiger partial charge in [-0.3, -0.25) is 9.36 Å². The average Bonchev–Trinajstić information content (AvgIpc) is 2.89. The van der Waals surface area contributed by atoms with Gasteiger partial charge in [-0.15, -0.1) is 0 Å². The van der Waals surface area contributed by atoms with Gasteiger partial charge in [0.1, 0.15) is 11.4 Å². The number of rotatable bonds is 1. The first kappa shape index (κ1) is 15.8. The first-order chi connectivity index (χ1) is 10.8. The summed E-state index contributed by atoms with van der Waals surface area (Å²) in [7, 11) is 0. The molecule has 0 bridgehead atoms. The smallest absolute Gasteiger partial charge is 0.418 e. The molecule has 1 heterocycles. The molecule has 0 aliphatic heterocycles. The number of nitrogens with zero attached hydrogens (tertiary/aromatic N) is 1. The lowest BCUT2D eigenvalue weighted by atomic mass is 9.83. The largest absolute Gasteiger partial charge is 0.443 e. The van der Waals surface area contributed by atoms with E-state index in [0.717, 1.165) is 35.7 Å². The Morgan fingerprint density at radius 2 is 2.00 bits per heavy atom. The quantitative estimate of drug-likeness (QED) is 0.770. The molecule has 1 aromatic heterocycles. The number of ketones is 1. The third-order valence-electron chi connectivity index (χ3n) is 4.26. The number of Topliss-reactive ketones (excluding diaryl/α,β-unsaturated/α-hetero) is 1. The van der Waals surface area contributed by atoms with E-state index >= 15 is 0 Å². The third kappa shape index (κ3) is 3.31. The Balaban J connectivity index is 1.91. The van der Waals surface area contributed by atoms with Crippen LogP contribution in [0.1, 0.15) is 57.9 Å². The van der Waals surface area contributed by atoms with Crippen LogP contribution in [0.15, 0.2) is 30.5 Å². The van der Waals surface area contributed by atoms with Crippen molar-refractivity contribution in [3.8, 4) is 0 Å². The van der Waals surface area contributed by atoms with Gasteiger partial charge in [-0.2, -0.15) is 0 Å². The first-order valence-electron chi connectivity index (χ1n) is 8.22. The van der Waals surface area contributed by atoms with Gasteiger partial charge in [0.2, 0.25) is 0 Å². The van der Waals surface area contributed by atoms with Gasteiger partial charge >= 0.3 is 6.09 Å². The highest BCUT2D eigenvalue weighted by Gasteiger charge is 2.24. The SMILES string of the molecule is CC(C)(C)OC(=O)n1ccc2cc(C3CCCCC3=O)ccc21. The normalized spacial score (nSPS) is 19.1. The van der Waals surface area contributed by atoms with E-state index in [1.165, 1.54) is 4.57 Å². The molecule has 0 amide bonds. The van der Waals surface area contributed by atoms with Crippen molar-refractivity contribution < 1.29 is 14.3 Å². The molecular formula is C19H23NO3. The van der Waals surface area contributed by atoms with Crippen molar-refractivity contribution in [1.82, 2.24) is 4.57 Å². The molecule has 0 spiro atoms. The van der Waals surface area contributed by atoms with E-state index in [0.29, 0.717) is 12.2 Å². The molecule has 1 aromatic carbocycles. The maximum absolute atomic E-state index is 12.3. The summed E-state index contributed by atoms with van der Waals surface area (Å²) in [6, 6.07) is 7.81. The molecule has 23 heavy (non-hydrogen) atoms. The molecule has 4 heteroatoms. The summed E-state index contributed by atoms with van der Waals surface area (Å²) >= 11 is 0. The Morgan fingerprint density at radius 3 is 2.70 bits per heavy atom. The number of hydrogen-bond acceptors (Lipinski definition) is 3. The Labute approximate surface area is 136 Å². The van der Waals surface area contributed by atoms with E-state index in [4.69, 9.17) is 4.74 Å². The van der Waals surface area contributed by atoms with Gasteiger partial charge < -0.3 is 4.74 Å². The highest BCUT2D eigenvalue weighted by Crippen LogP contribution is 2.32. The Hall–Kier alpha value is -2.10. The van der Waals surface area contributed by atoms with E-state index in [9.17, 15) is 9.59 Å². The molecule has 1 aliphatic carbocycles. The number of hydrogen-bond donors (Lipinski definition) is 0. The fraction of sp³-hybridized carbons (Fsp3) is 0.474. The summed E-state index contributed by atoms with van der Waals surface area (Å²) in [6.07, 6.45) is 5.07. The predicted octanol–water partition coefficient (Wildman–Crippen LogP) is 4.65. The van der Waals surface area contributed by atoms with E-state index in [-0.39, 0.29) is 12.0 Å². The molecule has 1 aliphatic rings. The van der Waals surface area contributed by atoms with Gasteiger partial charge in [0, 0.05) is 23.9 Å². The minimum atomic E-state index is -0.526. The minimum Gasteiger partial charge on any atom is -0.443 e. The van der Waals surface area contributed by atoms with Gasteiger partial charge in [0.15, 0.2) is 0 Å². The molecule has 1 atom stereocenters. The van der Waals surface area contributed by atoms with Crippen LogP contribution in [-0.4, -0.2) is 22.0 Å². The molecule has 2 aromatic rings. The zero-order chi connectivity index (χ0) is 16.6. The van der Waals surface area contributed by atoms with Crippen molar-refractivity contribution in [1.29, 1.82) is 0 Å². The van der Waals surface area contributed by atoms with Crippen molar-refractivity contribution in [3.05, 3.63) is 36.0 Å². The summed E-state index contributed by atoms with van der Waals surface area (Å²) < 4.78 is 6.94. The molecule has 122 valence electrons. The van der Waals surface area contributed by atoms with Crippen LogP contribution in [0.2, 0.25) is 0 Å². The molecular weight excluding hydrogens is 290 g/mol. The van der Waals surface area contributed by atoms with Gasteiger partial charge in [-0.1, -0.05) is 12.5 Å². The zero-order valence-corrected chi connectivity index (χ0v) is 14.0. The average molecular weight is 313 g/mol. The fourth-order valence-corrected chi connectivity index (χ4v) is 3.18. The van der Waals surface area contributed by atoms with Crippen LogP contribution >= 0.6 is 0 Å². The van der Waals surface area contributed by atoms with Crippen LogP contribution in [0.4, 0.5) is 4.79 Å². The molecule has 4 nitrogen and oxygen atoms in total. The van der Waals surface area contributed by atoms with Crippen molar-refractivity contribution in [2.24, 2.45) is 0 Å². The molecule has 0 saturated heterocycles. The predicted molar refractivity (Wildman–Crippen MR) is 89.8 cm³/mol. The van der Waals surface area contributed by atoms with Crippen molar-refractivity contribution in [2.45, 2.75) is 58.0 Å². The summed E-state index contributed by atoms with van der Waals surface area (Å²) in [4.78, 5) is 24.4. The molecule has 0 radical (unpaired) electrons. The van der Waals surface area contributed by atoms with Gasteiger partial charge in [-0.05, 0) is 57.4 Å². The van der Waals surface area contributed by atoms with E-state index in [1.54, 1.807) is 6.20 Å². The molecule has 1 unspecified atom stereocenters. The summed E-state index contributed by atoms with van der Waals surface area (Å²) in [5.41, 5.74) is 1.35. The second kappa shape index (κ2) is 5.84. The van der Waals surface area contributed by atoms with E-state index in [1.807, 2.05) is 45.0 Å². The van der Waals surface area contributed by atoms with Crippen LogP contribution < -0.4 is 0 Å². The van der Waals surface area contributed by atoms with Gasteiger partial charge in [0.05, 0.1) is 5.52 Å². The summed E-state index contributed by atoms with van der Waals surface area (Å²) in [6.45, 7) is 5.55. The standard InChI is InChI=1S/C19H23NO3/c1-19(2,3)23-18(22)20-11-10-14-12-13(8-9-16(14)20)15-6-4-5-7-17(15)21/h8-12,15H,4-7H2,1-3H3. The van der Waals surface area contributed by atoms with Crippen LogP contribution in [0.5, 0.6) is 0 Å². The van der Waals surface area contributed by atoms with Crippen molar-refractivity contribution in [2.75, 3.05) is 0 Å². The zero-order valence-electron chi connectivity index (χ0n) is 14.0. The van der Waals surface area contributed by atoms with Crippen LogP contribution in [-0.2, 0) is 9.53 Å². The maximum Gasteiger partial charge on any atom is 0.418 e. The maximum atomic E-state index is 12.3. The number of fused-ring (bicyclic) bond motifs is 1. The van der Waals surface area contributed by atoms with Crippen LogP contribution in [0.3, 0.4) is 0 Å². The highest BCUT2D eigenvalue weighted by atomic mass is 16.6. The van der Waals surface area contributed by atoms with E-state index in [2.05, 4.69) is 0 Å². The van der Waals surface area contributed by atoms with Crippen molar-refractivity contribution >= 4 is 22.8 Å². The van der Waals surface area contributed by atoms with Gasteiger partial charge in [0.25, 0.3) is 0 Å². The second-order valence-corrected chi connectivity index (χ2v) is 7.25. The Kier molecular flexibility index (Phi) is 4.00. The lowest BCUT2D eigenvalue weighted by molar-refractivity contribution is -0.121. The third-order valence-corrected chi connectivity index (χ3v) is 4.26. The topological polar surface area (TPSA) is 48.3 Å². The second-order valence-electron chi connectivity index (χ2n) is 7.25. The monoisotopic (exact) mass is 313 g/mol. The number of carbonyl (C=O) groups excluding carboxylic acids is 2. The molecule has 3 rings (SSSR count). The highest BCUT2D eigenvalue weighted by molar-refractivity contribution is 5.92. The molecule has 1 fully saturated rings.